The molecule has 1 saturated heterocycles. The monoisotopic (exact) mass is 548 g/mol. The maximum absolute atomic E-state index is 13.8. The minimum Gasteiger partial charge on any atom is -0.410 e. The number of carbonyl (C=O) groups excluding carboxylic acids is 1. The van der Waals surface area contributed by atoms with Gasteiger partial charge in [0.15, 0.2) is 15.7 Å². The Morgan fingerprint density at radius 2 is 1.67 bits per heavy atom. The number of sulfone groups is 1. The molecule has 2 heterocycles. The first-order valence-electron chi connectivity index (χ1n) is 13.5. The van der Waals surface area contributed by atoms with Gasteiger partial charge >= 0.3 is 6.09 Å². The summed E-state index contributed by atoms with van der Waals surface area (Å²) in [6, 6.07) is 17.9. The van der Waals surface area contributed by atoms with E-state index in [-0.39, 0.29) is 5.25 Å². The molecule has 1 N–H and O–H groups in total. The second kappa shape index (κ2) is 10.6. The molecular weight excluding hydrogens is 516 g/mol. The number of anilines is 2. The Balaban J connectivity index is 1.32. The van der Waals surface area contributed by atoms with E-state index in [2.05, 4.69) is 10.2 Å². The molecule has 10 heteroatoms. The molecule has 1 aliphatic heterocycles. The molecule has 39 heavy (non-hydrogen) atoms. The average molecular weight is 549 g/mol. The highest BCUT2D eigenvalue weighted by Crippen LogP contribution is 2.51. The molecule has 3 fully saturated rings. The van der Waals surface area contributed by atoms with Gasteiger partial charge in [-0.2, -0.15) is 0 Å². The van der Waals surface area contributed by atoms with E-state index in [9.17, 15) is 13.2 Å². The van der Waals surface area contributed by atoms with Crippen LogP contribution in [0.3, 0.4) is 0 Å². The molecule has 2 aromatic carbocycles. The lowest BCUT2D eigenvalue weighted by Crippen LogP contribution is -2.39. The van der Waals surface area contributed by atoms with Gasteiger partial charge in [0.25, 0.3) is 0 Å². The molecule has 2 saturated carbocycles. The molecule has 0 spiro atoms. The number of aromatic nitrogens is 2. The highest BCUT2D eigenvalue weighted by Gasteiger charge is 2.55. The quantitative estimate of drug-likeness (QED) is 0.442. The first-order chi connectivity index (χ1) is 18.9. The number of carbonyl (C=O) groups is 1. The standard InChI is InChI=1S/C29H32N4O5S/c34-28(38-23-6-2-1-3-7-23)30-22-10-8-21(9-11-22)27-31-25(20-26(32-27)33-16-18-37-19-17-33)29(14-4-5-15-29)39(35,36)24-12-13-24/h1-3,6-11,20,24H,4-5,12-19H2,(H,30,34). The van der Waals surface area contributed by atoms with E-state index in [0.29, 0.717) is 62.1 Å². The Hall–Kier alpha value is -3.50. The van der Waals surface area contributed by atoms with Gasteiger partial charge in [-0.3, -0.25) is 5.32 Å². The SMILES string of the molecule is O=C(Nc1ccc(-c2nc(N3CCOCC3)cc(C3(S(=O)(=O)C4CC4)CCCC3)n2)cc1)Oc1ccccc1. The summed E-state index contributed by atoms with van der Waals surface area (Å²) in [5.41, 5.74) is 1.91. The number of ether oxygens (including phenoxy) is 2. The van der Waals surface area contributed by atoms with E-state index in [1.807, 2.05) is 24.3 Å². The van der Waals surface area contributed by atoms with Crippen LogP contribution in [0.5, 0.6) is 5.75 Å². The van der Waals surface area contributed by atoms with Crippen LogP contribution in [0.25, 0.3) is 11.4 Å². The number of benzene rings is 2. The molecule has 0 atom stereocenters. The van der Waals surface area contributed by atoms with Crippen molar-refractivity contribution in [3.63, 3.8) is 0 Å². The fraction of sp³-hybridized carbons (Fsp3) is 0.414. The number of hydrogen-bond donors (Lipinski definition) is 1. The van der Waals surface area contributed by atoms with Crippen LogP contribution in [0.1, 0.15) is 44.2 Å². The lowest BCUT2D eigenvalue weighted by atomic mass is 10.0. The number of amides is 1. The Labute approximate surface area is 228 Å². The van der Waals surface area contributed by atoms with Gasteiger partial charge in [-0.05, 0) is 62.1 Å². The van der Waals surface area contributed by atoms with Gasteiger partial charge in [0, 0.05) is 30.4 Å². The Bertz CT molecular complexity index is 1430. The van der Waals surface area contributed by atoms with Crippen LogP contribution in [-0.4, -0.2) is 56.0 Å². The van der Waals surface area contributed by atoms with Crippen LogP contribution in [0.4, 0.5) is 16.3 Å². The molecule has 0 radical (unpaired) electrons. The van der Waals surface area contributed by atoms with E-state index in [1.54, 1.807) is 36.4 Å². The van der Waals surface area contributed by atoms with Crippen molar-refractivity contribution in [3.8, 4) is 17.1 Å². The summed E-state index contributed by atoms with van der Waals surface area (Å²) in [5.74, 6) is 1.66. The number of nitrogens with one attached hydrogen (secondary N) is 1. The number of nitrogens with zero attached hydrogens (tertiary/aromatic N) is 3. The van der Waals surface area contributed by atoms with Crippen molar-refractivity contribution in [3.05, 3.63) is 66.4 Å². The predicted molar refractivity (Wildman–Crippen MR) is 149 cm³/mol. The third-order valence-electron chi connectivity index (χ3n) is 7.78. The summed E-state index contributed by atoms with van der Waals surface area (Å²) in [4.78, 5) is 24.2. The summed E-state index contributed by atoms with van der Waals surface area (Å²) in [7, 11) is -3.37. The molecule has 9 nitrogen and oxygen atoms in total. The summed E-state index contributed by atoms with van der Waals surface area (Å²) in [6.45, 7) is 2.56. The van der Waals surface area contributed by atoms with Crippen LogP contribution in [0.2, 0.25) is 0 Å². The normalized spacial score (nSPS) is 19.0. The van der Waals surface area contributed by atoms with Gasteiger partial charge in [-0.15, -0.1) is 0 Å². The van der Waals surface area contributed by atoms with Crippen LogP contribution in [0, 0.1) is 0 Å². The first kappa shape index (κ1) is 25.8. The number of morpholine rings is 1. The van der Waals surface area contributed by atoms with E-state index in [0.717, 1.165) is 37.1 Å². The minimum atomic E-state index is -3.37. The Morgan fingerprint density at radius 1 is 0.974 bits per heavy atom. The molecular formula is C29H32N4O5S. The summed E-state index contributed by atoms with van der Waals surface area (Å²) in [6.07, 6.45) is 3.82. The zero-order valence-corrected chi connectivity index (χ0v) is 22.5. The number of para-hydroxylation sites is 1. The highest BCUT2D eigenvalue weighted by atomic mass is 32.2. The van der Waals surface area contributed by atoms with Crippen LogP contribution >= 0.6 is 0 Å². The van der Waals surface area contributed by atoms with Crippen molar-refractivity contribution in [2.24, 2.45) is 0 Å². The Morgan fingerprint density at radius 3 is 2.33 bits per heavy atom. The van der Waals surface area contributed by atoms with Crippen molar-refractivity contribution >= 4 is 27.4 Å². The van der Waals surface area contributed by atoms with Crippen LogP contribution < -0.4 is 15.0 Å². The highest BCUT2D eigenvalue weighted by molar-refractivity contribution is 7.93. The smallest absolute Gasteiger partial charge is 0.410 e. The van der Waals surface area contributed by atoms with Crippen molar-refractivity contribution in [1.82, 2.24) is 9.97 Å². The summed E-state index contributed by atoms with van der Waals surface area (Å²) >= 11 is 0. The molecule has 2 aliphatic carbocycles. The first-order valence-corrected chi connectivity index (χ1v) is 15.1. The summed E-state index contributed by atoms with van der Waals surface area (Å²) in [5, 5.41) is 2.47. The van der Waals surface area contributed by atoms with Gasteiger partial charge in [-0.25, -0.2) is 23.2 Å². The summed E-state index contributed by atoms with van der Waals surface area (Å²) < 4.78 is 37.5. The van der Waals surface area contributed by atoms with Crippen LogP contribution in [0.15, 0.2) is 60.7 Å². The molecule has 3 aliphatic rings. The molecule has 0 bridgehead atoms. The van der Waals surface area contributed by atoms with Gasteiger partial charge in [0.1, 0.15) is 16.3 Å². The largest absolute Gasteiger partial charge is 0.417 e. The zero-order valence-electron chi connectivity index (χ0n) is 21.7. The maximum atomic E-state index is 13.8. The zero-order chi connectivity index (χ0) is 26.9. The van der Waals surface area contributed by atoms with Crippen molar-refractivity contribution in [1.29, 1.82) is 0 Å². The second-order valence-corrected chi connectivity index (χ2v) is 12.9. The number of hydrogen-bond acceptors (Lipinski definition) is 8. The fourth-order valence-corrected chi connectivity index (χ4v) is 8.17. The minimum absolute atomic E-state index is 0.262. The fourth-order valence-electron chi connectivity index (χ4n) is 5.52. The van der Waals surface area contributed by atoms with E-state index in [4.69, 9.17) is 19.4 Å². The average Bonchev–Trinajstić information content (AvgIpc) is 3.71. The lowest BCUT2D eigenvalue weighted by molar-refractivity contribution is 0.122. The second-order valence-electron chi connectivity index (χ2n) is 10.4. The molecule has 6 rings (SSSR count). The topological polar surface area (TPSA) is 111 Å². The van der Waals surface area contributed by atoms with Crippen LogP contribution in [-0.2, 0) is 19.3 Å². The maximum Gasteiger partial charge on any atom is 0.417 e. The van der Waals surface area contributed by atoms with E-state index < -0.39 is 20.7 Å². The van der Waals surface area contributed by atoms with Gasteiger partial charge in [-0.1, -0.05) is 31.0 Å². The van der Waals surface area contributed by atoms with Crippen molar-refractivity contribution < 1.29 is 22.7 Å². The van der Waals surface area contributed by atoms with Crippen molar-refractivity contribution in [2.45, 2.75) is 48.5 Å². The van der Waals surface area contributed by atoms with Gasteiger partial charge in [0.05, 0.1) is 24.2 Å². The van der Waals surface area contributed by atoms with Gasteiger partial charge < -0.3 is 14.4 Å². The molecule has 1 amide bonds. The van der Waals surface area contributed by atoms with E-state index >= 15 is 0 Å². The third kappa shape index (κ3) is 5.23. The van der Waals surface area contributed by atoms with E-state index in [1.165, 1.54) is 0 Å². The molecule has 204 valence electrons. The molecule has 1 aromatic heterocycles. The number of rotatable bonds is 7. The predicted octanol–water partition coefficient (Wildman–Crippen LogP) is 4.94. The Kier molecular flexibility index (Phi) is 6.99. The third-order valence-corrected chi connectivity index (χ3v) is 10.8. The molecule has 0 unspecified atom stereocenters. The van der Waals surface area contributed by atoms with Crippen molar-refractivity contribution in [2.75, 3.05) is 36.5 Å². The van der Waals surface area contributed by atoms with Gasteiger partial charge in [0.2, 0.25) is 0 Å². The molecule has 3 aromatic rings. The lowest BCUT2D eigenvalue weighted by Gasteiger charge is -2.32.